The molecule has 0 bridgehead atoms. The van der Waals surface area contributed by atoms with Crippen molar-refractivity contribution in [1.29, 1.82) is 0 Å². The summed E-state index contributed by atoms with van der Waals surface area (Å²) in [5, 5.41) is 9.29. The van der Waals surface area contributed by atoms with Gasteiger partial charge in [-0.05, 0) is 24.1 Å². The molecule has 20 heavy (non-hydrogen) atoms. The van der Waals surface area contributed by atoms with Crippen LogP contribution in [-0.4, -0.2) is 27.6 Å². The number of carboxylic acids is 1. The molecule has 0 saturated heterocycles. The Kier molecular flexibility index (Phi) is 3.33. The van der Waals surface area contributed by atoms with Gasteiger partial charge in [-0.1, -0.05) is 18.2 Å². The molecule has 0 amide bonds. The standard InChI is InChI=1S/C15H15N3O2/c19-15(20)12-8-11-4-1-2-5-13(11)18(9-12)10-14-16-6-3-7-17-14/h1-7,12H,8-10H2,(H,19,20). The summed E-state index contributed by atoms with van der Waals surface area (Å²) < 4.78 is 0. The van der Waals surface area contributed by atoms with Crippen molar-refractivity contribution in [3.05, 3.63) is 54.1 Å². The number of rotatable bonds is 3. The van der Waals surface area contributed by atoms with Gasteiger partial charge in [0, 0.05) is 24.6 Å². The third-order valence-electron chi connectivity index (χ3n) is 3.54. The molecule has 1 atom stereocenters. The first-order valence-electron chi connectivity index (χ1n) is 6.55. The van der Waals surface area contributed by atoms with Crippen molar-refractivity contribution in [1.82, 2.24) is 9.97 Å². The van der Waals surface area contributed by atoms with Gasteiger partial charge in [0.25, 0.3) is 0 Å². The van der Waals surface area contributed by atoms with Crippen LogP contribution in [0.2, 0.25) is 0 Å². The Morgan fingerprint density at radius 1 is 1.25 bits per heavy atom. The minimum absolute atomic E-state index is 0.381. The summed E-state index contributed by atoms with van der Waals surface area (Å²) in [6.07, 6.45) is 3.98. The van der Waals surface area contributed by atoms with E-state index < -0.39 is 5.97 Å². The van der Waals surface area contributed by atoms with Crippen LogP contribution in [0.25, 0.3) is 0 Å². The number of anilines is 1. The van der Waals surface area contributed by atoms with Crippen LogP contribution in [0.15, 0.2) is 42.7 Å². The van der Waals surface area contributed by atoms with Crippen LogP contribution in [0, 0.1) is 5.92 Å². The van der Waals surface area contributed by atoms with Crippen molar-refractivity contribution in [3.8, 4) is 0 Å². The van der Waals surface area contributed by atoms with Gasteiger partial charge in [0.15, 0.2) is 0 Å². The maximum atomic E-state index is 11.3. The van der Waals surface area contributed by atoms with Crippen LogP contribution in [0.3, 0.4) is 0 Å². The first-order chi connectivity index (χ1) is 9.74. The second kappa shape index (κ2) is 5.28. The molecule has 1 aromatic carbocycles. The van der Waals surface area contributed by atoms with Crippen LogP contribution in [0.1, 0.15) is 11.4 Å². The third-order valence-corrected chi connectivity index (χ3v) is 3.54. The van der Waals surface area contributed by atoms with E-state index in [9.17, 15) is 9.90 Å². The van der Waals surface area contributed by atoms with Crippen LogP contribution in [-0.2, 0) is 17.8 Å². The van der Waals surface area contributed by atoms with E-state index >= 15 is 0 Å². The summed E-state index contributed by atoms with van der Waals surface area (Å²) >= 11 is 0. The minimum atomic E-state index is -0.751. The van der Waals surface area contributed by atoms with Crippen LogP contribution in [0.5, 0.6) is 0 Å². The maximum absolute atomic E-state index is 11.3. The molecule has 1 N–H and O–H groups in total. The number of para-hydroxylation sites is 1. The fourth-order valence-electron chi connectivity index (χ4n) is 2.58. The number of nitrogens with zero attached hydrogens (tertiary/aromatic N) is 3. The van der Waals surface area contributed by atoms with Gasteiger partial charge in [-0.15, -0.1) is 0 Å². The summed E-state index contributed by atoms with van der Waals surface area (Å²) in [7, 11) is 0. The number of carbonyl (C=O) groups is 1. The summed E-state index contributed by atoms with van der Waals surface area (Å²) in [6, 6.07) is 9.70. The molecule has 0 aliphatic carbocycles. The van der Waals surface area contributed by atoms with E-state index in [2.05, 4.69) is 9.97 Å². The monoisotopic (exact) mass is 269 g/mol. The second-order valence-electron chi connectivity index (χ2n) is 4.91. The SMILES string of the molecule is O=C(O)C1Cc2ccccc2N(Cc2ncccn2)C1. The number of aromatic nitrogens is 2. The average Bonchev–Trinajstić information content (AvgIpc) is 2.48. The van der Waals surface area contributed by atoms with Gasteiger partial charge >= 0.3 is 5.97 Å². The molecule has 0 saturated carbocycles. The number of hydrogen-bond acceptors (Lipinski definition) is 4. The van der Waals surface area contributed by atoms with Gasteiger partial charge in [0.2, 0.25) is 0 Å². The highest BCUT2D eigenvalue weighted by Crippen LogP contribution is 2.30. The lowest BCUT2D eigenvalue weighted by atomic mass is 9.92. The van der Waals surface area contributed by atoms with E-state index in [1.807, 2.05) is 29.2 Å². The van der Waals surface area contributed by atoms with Crippen LogP contribution >= 0.6 is 0 Å². The maximum Gasteiger partial charge on any atom is 0.308 e. The highest BCUT2D eigenvalue weighted by atomic mass is 16.4. The van der Waals surface area contributed by atoms with Gasteiger partial charge in [0.1, 0.15) is 5.82 Å². The number of carboxylic acid groups (broad SMARTS) is 1. The Morgan fingerprint density at radius 3 is 2.75 bits per heavy atom. The van der Waals surface area contributed by atoms with E-state index in [4.69, 9.17) is 0 Å². The Bertz CT molecular complexity index is 616. The number of aliphatic carboxylic acids is 1. The van der Waals surface area contributed by atoms with Gasteiger partial charge in [-0.25, -0.2) is 9.97 Å². The molecule has 1 unspecified atom stereocenters. The summed E-state index contributed by atoms with van der Waals surface area (Å²) in [5.41, 5.74) is 2.15. The predicted molar refractivity (Wildman–Crippen MR) is 74.4 cm³/mol. The summed E-state index contributed by atoms with van der Waals surface area (Å²) in [5.74, 6) is -0.430. The Balaban J connectivity index is 1.91. The van der Waals surface area contributed by atoms with Gasteiger partial charge in [0.05, 0.1) is 12.5 Å². The summed E-state index contributed by atoms with van der Waals surface area (Å²) in [6.45, 7) is 1.02. The normalized spacial score (nSPS) is 17.6. The number of fused-ring (bicyclic) bond motifs is 1. The lowest BCUT2D eigenvalue weighted by Crippen LogP contribution is -2.38. The fourth-order valence-corrected chi connectivity index (χ4v) is 2.58. The van der Waals surface area contributed by atoms with Crippen molar-refractivity contribution in [3.63, 3.8) is 0 Å². The van der Waals surface area contributed by atoms with Crippen molar-refractivity contribution < 1.29 is 9.90 Å². The molecule has 3 rings (SSSR count). The highest BCUT2D eigenvalue weighted by Gasteiger charge is 2.29. The van der Waals surface area contributed by atoms with E-state index in [0.29, 0.717) is 25.3 Å². The molecule has 0 radical (unpaired) electrons. The zero-order valence-electron chi connectivity index (χ0n) is 10.9. The fraction of sp³-hybridized carbons (Fsp3) is 0.267. The molecule has 5 nitrogen and oxygen atoms in total. The van der Waals surface area contributed by atoms with E-state index in [-0.39, 0.29) is 5.92 Å². The third kappa shape index (κ3) is 2.47. The Morgan fingerprint density at radius 2 is 2.00 bits per heavy atom. The lowest BCUT2D eigenvalue weighted by Gasteiger charge is -2.34. The summed E-state index contributed by atoms with van der Waals surface area (Å²) in [4.78, 5) is 21.8. The lowest BCUT2D eigenvalue weighted by molar-refractivity contribution is -0.141. The largest absolute Gasteiger partial charge is 0.481 e. The average molecular weight is 269 g/mol. The number of hydrogen-bond donors (Lipinski definition) is 1. The molecule has 2 heterocycles. The smallest absolute Gasteiger partial charge is 0.308 e. The van der Waals surface area contributed by atoms with Crippen molar-refractivity contribution in [2.45, 2.75) is 13.0 Å². The molecule has 102 valence electrons. The van der Waals surface area contributed by atoms with Gasteiger partial charge in [-0.3, -0.25) is 4.79 Å². The zero-order chi connectivity index (χ0) is 13.9. The Hall–Kier alpha value is -2.43. The molecule has 0 spiro atoms. The van der Waals surface area contributed by atoms with Gasteiger partial charge in [-0.2, -0.15) is 0 Å². The molecular weight excluding hydrogens is 254 g/mol. The molecule has 2 aromatic rings. The van der Waals surface area contributed by atoms with E-state index in [1.165, 1.54) is 0 Å². The number of benzene rings is 1. The van der Waals surface area contributed by atoms with Gasteiger partial charge < -0.3 is 10.0 Å². The first kappa shape index (κ1) is 12.6. The van der Waals surface area contributed by atoms with Crippen molar-refractivity contribution in [2.24, 2.45) is 5.92 Å². The van der Waals surface area contributed by atoms with E-state index in [1.54, 1.807) is 18.5 Å². The molecule has 5 heteroatoms. The zero-order valence-corrected chi connectivity index (χ0v) is 10.9. The molecule has 1 aromatic heterocycles. The first-order valence-corrected chi connectivity index (χ1v) is 6.55. The predicted octanol–water partition coefficient (Wildman–Crippen LogP) is 1.74. The Labute approximate surface area is 116 Å². The van der Waals surface area contributed by atoms with E-state index in [0.717, 1.165) is 11.3 Å². The molecule has 1 aliphatic heterocycles. The topological polar surface area (TPSA) is 66.3 Å². The van der Waals surface area contributed by atoms with Crippen LogP contribution in [0.4, 0.5) is 5.69 Å². The second-order valence-corrected chi connectivity index (χ2v) is 4.91. The van der Waals surface area contributed by atoms with Crippen molar-refractivity contribution in [2.75, 3.05) is 11.4 Å². The molecule has 1 aliphatic rings. The quantitative estimate of drug-likeness (QED) is 0.919. The minimum Gasteiger partial charge on any atom is -0.481 e. The molecular formula is C15H15N3O2. The molecule has 0 fully saturated rings. The van der Waals surface area contributed by atoms with Crippen molar-refractivity contribution >= 4 is 11.7 Å². The highest BCUT2D eigenvalue weighted by molar-refractivity contribution is 5.73. The van der Waals surface area contributed by atoms with Crippen LogP contribution < -0.4 is 4.90 Å².